The summed E-state index contributed by atoms with van der Waals surface area (Å²) in [6.07, 6.45) is -0.375. The van der Waals surface area contributed by atoms with Crippen LogP contribution >= 0.6 is 15.9 Å². The minimum Gasteiger partial charge on any atom is -0.444 e. The first-order valence-electron chi connectivity index (χ1n) is 8.40. The first-order chi connectivity index (χ1) is 12.2. The molecule has 1 amide bonds. The van der Waals surface area contributed by atoms with Crippen molar-refractivity contribution in [2.24, 2.45) is 5.92 Å². The minimum absolute atomic E-state index is 0.00193. The third kappa shape index (κ3) is 5.84. The summed E-state index contributed by atoms with van der Waals surface area (Å²) < 4.78 is 11.6. The van der Waals surface area contributed by atoms with Crippen LogP contribution in [0.2, 0.25) is 0 Å². The first kappa shape index (κ1) is 20.4. The fourth-order valence-electron chi connectivity index (χ4n) is 2.58. The van der Waals surface area contributed by atoms with E-state index in [-0.39, 0.29) is 17.7 Å². The van der Waals surface area contributed by atoms with Crippen LogP contribution < -0.4 is 5.32 Å². The van der Waals surface area contributed by atoms with E-state index in [4.69, 9.17) is 9.47 Å². The van der Waals surface area contributed by atoms with Crippen LogP contribution in [0, 0.1) is 16.0 Å². The Morgan fingerprint density at radius 3 is 2.88 bits per heavy atom. The van der Waals surface area contributed by atoms with Crippen molar-refractivity contribution in [1.29, 1.82) is 0 Å². The maximum Gasteiger partial charge on any atom is 0.410 e. The van der Waals surface area contributed by atoms with Crippen LogP contribution in [-0.4, -0.2) is 54.4 Å². The number of benzene rings is 1. The number of para-hydroxylation sites is 1. The number of nitro groups is 1. The summed E-state index contributed by atoms with van der Waals surface area (Å²) in [7, 11) is 0. The molecule has 1 heterocycles. The fourth-order valence-corrected chi connectivity index (χ4v) is 3.08. The van der Waals surface area contributed by atoms with E-state index in [1.165, 1.54) is 6.07 Å². The second-order valence-electron chi connectivity index (χ2n) is 7.14. The van der Waals surface area contributed by atoms with E-state index in [0.717, 1.165) is 0 Å². The van der Waals surface area contributed by atoms with Gasteiger partial charge in [0, 0.05) is 36.1 Å². The van der Waals surface area contributed by atoms with Crippen molar-refractivity contribution in [2.45, 2.75) is 26.4 Å². The van der Waals surface area contributed by atoms with Crippen molar-refractivity contribution in [3.05, 3.63) is 32.8 Å². The quantitative estimate of drug-likeness (QED) is 0.579. The van der Waals surface area contributed by atoms with Crippen molar-refractivity contribution < 1.29 is 19.2 Å². The van der Waals surface area contributed by atoms with Gasteiger partial charge in [-0.3, -0.25) is 10.1 Å². The lowest BCUT2D eigenvalue weighted by Crippen LogP contribution is -2.41. The van der Waals surface area contributed by atoms with Gasteiger partial charge in [0.15, 0.2) is 0 Å². The zero-order valence-electron chi connectivity index (χ0n) is 15.2. The number of hydrogen-bond acceptors (Lipinski definition) is 6. The van der Waals surface area contributed by atoms with Gasteiger partial charge in [0.05, 0.1) is 18.1 Å². The largest absolute Gasteiger partial charge is 0.444 e. The van der Waals surface area contributed by atoms with Crippen LogP contribution in [-0.2, 0) is 9.47 Å². The second kappa shape index (κ2) is 8.68. The van der Waals surface area contributed by atoms with Gasteiger partial charge in [-0.15, -0.1) is 0 Å². The van der Waals surface area contributed by atoms with Gasteiger partial charge in [0.1, 0.15) is 11.3 Å². The van der Waals surface area contributed by atoms with Gasteiger partial charge in [0.25, 0.3) is 5.69 Å². The normalized spacial score (nSPS) is 18.2. The molecule has 0 aromatic heterocycles. The minimum atomic E-state index is -0.562. The van der Waals surface area contributed by atoms with Gasteiger partial charge in [-0.05, 0) is 42.8 Å². The molecule has 1 unspecified atom stereocenters. The summed E-state index contributed by atoms with van der Waals surface area (Å²) in [5.41, 5.74) is -0.142. The van der Waals surface area contributed by atoms with Crippen molar-refractivity contribution in [2.75, 3.05) is 38.2 Å². The zero-order valence-corrected chi connectivity index (χ0v) is 16.7. The Morgan fingerprint density at radius 2 is 2.23 bits per heavy atom. The summed E-state index contributed by atoms with van der Waals surface area (Å²) in [6, 6.07) is 4.81. The number of carbonyl (C=O) groups is 1. The molecular formula is C17H24BrN3O5. The topological polar surface area (TPSA) is 93.9 Å². The number of anilines is 1. The Balaban J connectivity index is 2.03. The number of amides is 1. The highest BCUT2D eigenvalue weighted by Gasteiger charge is 2.27. The van der Waals surface area contributed by atoms with Crippen LogP contribution in [0.4, 0.5) is 16.2 Å². The number of hydrogen-bond donors (Lipinski definition) is 1. The third-order valence-electron chi connectivity index (χ3n) is 3.75. The number of rotatable bonds is 4. The summed E-state index contributed by atoms with van der Waals surface area (Å²) in [5.74, 6) is -0.0169. The molecule has 144 valence electrons. The number of carbonyl (C=O) groups excluding carboxylic acids is 1. The number of nitrogens with zero attached hydrogens (tertiary/aromatic N) is 2. The molecule has 1 saturated heterocycles. The summed E-state index contributed by atoms with van der Waals surface area (Å²) in [5, 5.41) is 14.3. The molecule has 0 radical (unpaired) electrons. The van der Waals surface area contributed by atoms with E-state index in [1.807, 2.05) is 20.8 Å². The van der Waals surface area contributed by atoms with Crippen molar-refractivity contribution in [3.8, 4) is 0 Å². The maximum atomic E-state index is 12.3. The summed E-state index contributed by atoms with van der Waals surface area (Å²) in [6.45, 7) is 7.72. The van der Waals surface area contributed by atoms with Gasteiger partial charge in [-0.2, -0.15) is 0 Å². The zero-order chi connectivity index (χ0) is 19.3. The van der Waals surface area contributed by atoms with E-state index in [0.29, 0.717) is 43.0 Å². The van der Waals surface area contributed by atoms with Crippen LogP contribution in [0.5, 0.6) is 0 Å². The van der Waals surface area contributed by atoms with Crippen LogP contribution in [0.15, 0.2) is 22.7 Å². The van der Waals surface area contributed by atoms with E-state index in [2.05, 4.69) is 21.2 Å². The molecular weight excluding hydrogens is 406 g/mol. The lowest BCUT2D eigenvalue weighted by molar-refractivity contribution is -0.384. The van der Waals surface area contributed by atoms with E-state index in [9.17, 15) is 14.9 Å². The number of nitrogens with one attached hydrogen (secondary N) is 1. The van der Waals surface area contributed by atoms with Crippen molar-refractivity contribution in [1.82, 2.24) is 4.90 Å². The summed E-state index contributed by atoms with van der Waals surface area (Å²) in [4.78, 5) is 24.7. The molecule has 1 atom stereocenters. The van der Waals surface area contributed by atoms with Crippen LogP contribution in [0.3, 0.4) is 0 Å². The lowest BCUT2D eigenvalue weighted by atomic mass is 10.1. The molecule has 8 nitrogen and oxygen atoms in total. The predicted octanol–water partition coefficient (Wildman–Crippen LogP) is 3.65. The molecule has 9 heteroatoms. The highest BCUT2D eigenvalue weighted by Crippen LogP contribution is 2.32. The average molecular weight is 430 g/mol. The van der Waals surface area contributed by atoms with Crippen LogP contribution in [0.1, 0.15) is 20.8 Å². The Morgan fingerprint density at radius 1 is 1.50 bits per heavy atom. The van der Waals surface area contributed by atoms with Gasteiger partial charge in [-0.25, -0.2) is 4.79 Å². The van der Waals surface area contributed by atoms with E-state index >= 15 is 0 Å². The van der Waals surface area contributed by atoms with Gasteiger partial charge in [-0.1, -0.05) is 6.07 Å². The smallest absolute Gasteiger partial charge is 0.410 e. The molecule has 0 aliphatic carbocycles. The first-order valence-corrected chi connectivity index (χ1v) is 9.19. The molecule has 26 heavy (non-hydrogen) atoms. The molecule has 1 aromatic rings. The Labute approximate surface area is 161 Å². The maximum absolute atomic E-state index is 12.3. The molecule has 0 bridgehead atoms. The fraction of sp³-hybridized carbons (Fsp3) is 0.588. The number of halogens is 1. The molecule has 0 saturated carbocycles. The van der Waals surface area contributed by atoms with Gasteiger partial charge >= 0.3 is 6.09 Å². The Bertz CT molecular complexity index is 662. The SMILES string of the molecule is CC(C)(C)OC(=O)N1CCOCC(CNc2c(Br)cccc2[N+](=O)[O-])C1. The van der Waals surface area contributed by atoms with Gasteiger partial charge < -0.3 is 19.7 Å². The van der Waals surface area contributed by atoms with Gasteiger partial charge in [0.2, 0.25) is 0 Å². The molecule has 1 aliphatic heterocycles. The molecule has 2 rings (SSSR count). The monoisotopic (exact) mass is 429 g/mol. The highest BCUT2D eigenvalue weighted by atomic mass is 79.9. The molecule has 1 aliphatic rings. The number of nitro benzene ring substituents is 1. The van der Waals surface area contributed by atoms with E-state index < -0.39 is 10.5 Å². The Hall–Kier alpha value is -1.87. The standard InChI is InChI=1S/C17H24BrN3O5/c1-17(2,3)26-16(22)20-7-8-25-11-12(10-20)9-19-15-13(18)5-4-6-14(15)21(23)24/h4-6,12,19H,7-11H2,1-3H3. The van der Waals surface area contributed by atoms with Crippen LogP contribution in [0.25, 0.3) is 0 Å². The molecule has 1 aromatic carbocycles. The lowest BCUT2D eigenvalue weighted by Gasteiger charge is -2.28. The van der Waals surface area contributed by atoms with Crippen molar-refractivity contribution in [3.63, 3.8) is 0 Å². The molecule has 1 N–H and O–H groups in total. The highest BCUT2D eigenvalue weighted by molar-refractivity contribution is 9.10. The molecule has 0 spiro atoms. The van der Waals surface area contributed by atoms with E-state index in [1.54, 1.807) is 17.0 Å². The second-order valence-corrected chi connectivity index (χ2v) is 7.99. The molecule has 1 fully saturated rings. The van der Waals surface area contributed by atoms with Crippen molar-refractivity contribution >= 4 is 33.4 Å². The average Bonchev–Trinajstić information content (AvgIpc) is 2.77. The number of ether oxygens (including phenoxy) is 2. The Kier molecular flexibility index (Phi) is 6.82. The summed E-state index contributed by atoms with van der Waals surface area (Å²) >= 11 is 3.34. The third-order valence-corrected chi connectivity index (χ3v) is 4.41. The predicted molar refractivity (Wildman–Crippen MR) is 101 cm³/mol.